The normalized spacial score (nSPS) is 12.7. The molecule has 0 aliphatic heterocycles. The molecule has 0 spiro atoms. The van der Waals surface area contributed by atoms with E-state index in [2.05, 4.69) is 147 Å². The predicted molar refractivity (Wildman–Crippen MR) is 223 cm³/mol. The second-order valence-corrected chi connectivity index (χ2v) is 20.6. The molecule has 4 aromatic rings. The quantitative estimate of drug-likeness (QED) is 0.154. The van der Waals surface area contributed by atoms with E-state index < -0.39 is 0 Å². The molecule has 4 nitrogen and oxygen atoms in total. The Labute approximate surface area is 331 Å². The highest BCUT2D eigenvalue weighted by atomic mass is 79.9. The van der Waals surface area contributed by atoms with Crippen molar-refractivity contribution in [2.75, 3.05) is 0 Å². The fourth-order valence-corrected chi connectivity index (χ4v) is 7.56. The van der Waals surface area contributed by atoms with Gasteiger partial charge in [-0.05, 0) is 156 Å². The van der Waals surface area contributed by atoms with E-state index in [9.17, 15) is 20.4 Å². The van der Waals surface area contributed by atoms with E-state index in [0.29, 0.717) is 51.3 Å². The molecule has 50 heavy (non-hydrogen) atoms. The summed E-state index contributed by atoms with van der Waals surface area (Å²) in [6, 6.07) is 15.4. The van der Waals surface area contributed by atoms with Crippen LogP contribution in [0.1, 0.15) is 128 Å². The lowest BCUT2D eigenvalue weighted by molar-refractivity contribution is 0.463. The Balaban J connectivity index is 2.52. The van der Waals surface area contributed by atoms with Gasteiger partial charge < -0.3 is 20.4 Å². The maximum atomic E-state index is 12.0. The molecule has 0 atom stereocenters. The lowest BCUT2D eigenvalue weighted by atomic mass is 9.77. The van der Waals surface area contributed by atoms with Crippen LogP contribution in [-0.4, -0.2) is 20.4 Å². The Morgan fingerprint density at radius 2 is 0.500 bits per heavy atom. The van der Waals surface area contributed by atoms with Gasteiger partial charge in [0.25, 0.3) is 0 Å². The highest BCUT2D eigenvalue weighted by molar-refractivity contribution is 9.11. The van der Waals surface area contributed by atoms with Crippen molar-refractivity contribution < 1.29 is 20.4 Å². The second-order valence-electron chi connectivity index (χ2n) is 17.2. The summed E-state index contributed by atoms with van der Waals surface area (Å²) in [5.74, 6) is -0.173. The van der Waals surface area contributed by atoms with Crippen LogP contribution in [0.2, 0.25) is 0 Å². The number of benzene rings is 4. The fraction of sp³-hybridized carbons (Fsp3) is 0.381. The summed E-state index contributed by atoms with van der Waals surface area (Å²) >= 11 is 14.6. The maximum Gasteiger partial charge on any atom is 0.137 e. The van der Waals surface area contributed by atoms with Gasteiger partial charge >= 0.3 is 0 Å². The molecule has 4 aromatic carbocycles. The summed E-state index contributed by atoms with van der Waals surface area (Å²) in [7, 11) is 0. The molecule has 0 heterocycles. The highest BCUT2D eigenvalue weighted by Crippen LogP contribution is 2.53. The zero-order valence-electron chi connectivity index (χ0n) is 30.9. The number of aromatic hydroxyl groups is 4. The number of phenolic OH excluding ortho intramolecular Hbond substituents is 4. The predicted octanol–water partition coefficient (Wildman–Crippen LogP) is 13.8. The largest absolute Gasteiger partial charge is 0.506 e. The summed E-state index contributed by atoms with van der Waals surface area (Å²) < 4.78 is 1.91. The van der Waals surface area contributed by atoms with Gasteiger partial charge in [-0.1, -0.05) is 83.1 Å². The van der Waals surface area contributed by atoms with Crippen molar-refractivity contribution in [3.8, 4) is 23.0 Å². The third-order valence-corrected chi connectivity index (χ3v) is 11.5. The van der Waals surface area contributed by atoms with Crippen LogP contribution < -0.4 is 0 Å². The number of hydrogen-bond acceptors (Lipinski definition) is 4. The van der Waals surface area contributed by atoms with Gasteiger partial charge in [0.2, 0.25) is 0 Å². The summed E-state index contributed by atoms with van der Waals surface area (Å²) in [5.41, 5.74) is 4.99. The average Bonchev–Trinajstić information content (AvgIpc) is 2.96. The smallest absolute Gasteiger partial charge is 0.137 e. The van der Waals surface area contributed by atoms with Gasteiger partial charge in [-0.3, -0.25) is 0 Å². The maximum absolute atomic E-state index is 12.0. The highest BCUT2D eigenvalue weighted by Gasteiger charge is 2.32. The van der Waals surface area contributed by atoms with Crippen molar-refractivity contribution in [3.63, 3.8) is 0 Å². The first-order valence-electron chi connectivity index (χ1n) is 16.5. The van der Waals surface area contributed by atoms with Gasteiger partial charge in [0.1, 0.15) is 23.0 Å². The Morgan fingerprint density at radius 1 is 0.340 bits per heavy atom. The lowest BCUT2D eigenvalue weighted by Crippen LogP contribution is -2.14. The molecule has 0 amide bonds. The molecule has 0 aromatic heterocycles. The minimum Gasteiger partial charge on any atom is -0.506 e. The Kier molecular flexibility index (Phi) is 11.3. The van der Waals surface area contributed by atoms with Crippen LogP contribution in [-0.2, 0) is 21.7 Å². The molecule has 0 saturated carbocycles. The molecule has 0 unspecified atom stereocenters. The monoisotopic (exact) mass is 932 g/mol. The molecule has 0 saturated heterocycles. The zero-order valence-corrected chi connectivity index (χ0v) is 37.3. The first-order valence-corrected chi connectivity index (χ1v) is 19.7. The minimum absolute atomic E-state index is 0.0433. The third-order valence-electron chi connectivity index (χ3n) is 9.05. The molecular formula is C42H48Br4O4. The first kappa shape index (κ1) is 40.5. The molecule has 4 N–H and O–H groups in total. The van der Waals surface area contributed by atoms with E-state index in [1.807, 2.05) is 48.5 Å². The number of rotatable bonds is 4. The number of phenols is 4. The van der Waals surface area contributed by atoms with Crippen LogP contribution in [0.15, 0.2) is 66.4 Å². The van der Waals surface area contributed by atoms with Gasteiger partial charge in [-0.25, -0.2) is 0 Å². The Morgan fingerprint density at radius 3 is 0.640 bits per heavy atom. The Hall–Kier alpha value is -2.26. The topological polar surface area (TPSA) is 80.9 Å². The van der Waals surface area contributed by atoms with Crippen LogP contribution in [0.5, 0.6) is 23.0 Å². The van der Waals surface area contributed by atoms with E-state index in [0.717, 1.165) is 22.3 Å². The van der Waals surface area contributed by atoms with Gasteiger partial charge in [0, 0.05) is 33.4 Å². The number of hydrogen-bond donors (Lipinski definition) is 4. The molecular weight excluding hydrogens is 888 g/mol. The lowest BCUT2D eigenvalue weighted by Gasteiger charge is -2.28. The van der Waals surface area contributed by atoms with Crippen molar-refractivity contribution in [3.05, 3.63) is 111 Å². The van der Waals surface area contributed by atoms with E-state index in [4.69, 9.17) is 0 Å². The Bertz CT molecular complexity index is 1730. The summed E-state index contributed by atoms with van der Waals surface area (Å²) in [6.07, 6.45) is 0. The SMILES string of the molecule is CC(C)(C)c1cc(Br)c(O)c(C(=C(c2cc(C(C)(C)C)cc(Br)c2O)c2cc(C(C)(C)C)cc(Br)c2O)c2cc(C(C)(C)C)cc(Br)c2O)c1. The minimum atomic E-state index is -0.319. The fourth-order valence-electron chi connectivity index (χ4n) is 5.72. The molecule has 0 aliphatic rings. The zero-order chi connectivity index (χ0) is 38.0. The van der Waals surface area contributed by atoms with Crippen molar-refractivity contribution in [2.45, 2.75) is 105 Å². The summed E-state index contributed by atoms with van der Waals surface area (Å²) in [4.78, 5) is 0. The molecule has 8 heteroatoms. The van der Waals surface area contributed by atoms with Gasteiger partial charge in [0.15, 0.2) is 0 Å². The van der Waals surface area contributed by atoms with Crippen LogP contribution in [0.4, 0.5) is 0 Å². The molecule has 0 bridgehead atoms. The average molecular weight is 936 g/mol. The van der Waals surface area contributed by atoms with Crippen LogP contribution >= 0.6 is 63.7 Å². The van der Waals surface area contributed by atoms with Gasteiger partial charge in [-0.2, -0.15) is 0 Å². The van der Waals surface area contributed by atoms with Crippen molar-refractivity contribution in [1.29, 1.82) is 0 Å². The summed E-state index contributed by atoms with van der Waals surface area (Å²) in [6.45, 7) is 25.2. The van der Waals surface area contributed by atoms with Crippen molar-refractivity contribution >= 4 is 74.9 Å². The van der Waals surface area contributed by atoms with Crippen LogP contribution in [0.25, 0.3) is 11.1 Å². The molecule has 4 rings (SSSR count). The summed E-state index contributed by atoms with van der Waals surface area (Å²) in [5, 5.41) is 48.2. The molecule has 0 aliphatic carbocycles. The molecule has 268 valence electrons. The van der Waals surface area contributed by atoms with Gasteiger partial charge in [0.05, 0.1) is 17.9 Å². The van der Waals surface area contributed by atoms with E-state index in [-0.39, 0.29) is 44.7 Å². The van der Waals surface area contributed by atoms with E-state index in [1.54, 1.807) is 0 Å². The second kappa shape index (κ2) is 13.9. The van der Waals surface area contributed by atoms with Crippen LogP contribution in [0, 0.1) is 0 Å². The van der Waals surface area contributed by atoms with Crippen molar-refractivity contribution in [2.24, 2.45) is 0 Å². The van der Waals surface area contributed by atoms with Crippen LogP contribution in [0.3, 0.4) is 0 Å². The first-order chi connectivity index (χ1) is 22.6. The van der Waals surface area contributed by atoms with E-state index >= 15 is 0 Å². The van der Waals surface area contributed by atoms with Crippen molar-refractivity contribution in [1.82, 2.24) is 0 Å². The van der Waals surface area contributed by atoms with Gasteiger partial charge in [-0.15, -0.1) is 0 Å². The van der Waals surface area contributed by atoms with E-state index in [1.165, 1.54) is 0 Å². The third kappa shape index (κ3) is 8.19. The molecule has 0 fully saturated rings. The number of halogens is 4. The molecule has 0 radical (unpaired) electrons. The standard InChI is InChI=1S/C42H48Br4O4/c1-39(2,3)21-13-25(35(47)29(43)17-21)33(26-14-22(40(4,5)6)18-30(44)36(26)48)34(27-15-23(41(7,8)9)19-31(45)37(27)49)28-16-24(42(10,11)12)20-32(46)38(28)50/h13-20,47-50H,1-12H3.